The Hall–Kier alpha value is -2.77. The maximum absolute atomic E-state index is 14.6. The minimum Gasteiger partial charge on any atom is -0.381 e. The molecule has 0 spiro atoms. The molecule has 2 aromatic carbocycles. The quantitative estimate of drug-likeness (QED) is 0.516. The average molecular weight is 482 g/mol. The SMILES string of the molecule is COC1CCN(C(=O)c2ccc3c(c2)c2c(n3Cc3c(F)cccc3F)CCN(C(C)C)C2)CC1. The molecule has 2 aliphatic heterocycles. The topological polar surface area (TPSA) is 37.7 Å². The molecule has 5 rings (SSSR count). The fourth-order valence-electron chi connectivity index (χ4n) is 5.54. The van der Waals surface area contributed by atoms with Gasteiger partial charge in [-0.15, -0.1) is 0 Å². The molecule has 3 heterocycles. The molecule has 0 unspecified atom stereocenters. The highest BCUT2D eigenvalue weighted by Crippen LogP contribution is 2.34. The number of halogens is 2. The maximum atomic E-state index is 14.6. The Morgan fingerprint density at radius 1 is 1.09 bits per heavy atom. The fourth-order valence-corrected chi connectivity index (χ4v) is 5.54. The van der Waals surface area contributed by atoms with Crippen LogP contribution in [0.3, 0.4) is 0 Å². The molecule has 0 N–H and O–H groups in total. The summed E-state index contributed by atoms with van der Waals surface area (Å²) in [5.41, 5.74) is 3.90. The van der Waals surface area contributed by atoms with Gasteiger partial charge in [-0.2, -0.15) is 0 Å². The van der Waals surface area contributed by atoms with Crippen LogP contribution in [0.1, 0.15) is 53.9 Å². The van der Waals surface area contributed by atoms with Crippen molar-refractivity contribution in [2.45, 2.75) is 58.3 Å². The molecule has 1 amide bonds. The number of carbonyl (C=O) groups excluding carboxylic acids is 1. The zero-order valence-electron chi connectivity index (χ0n) is 20.7. The van der Waals surface area contributed by atoms with Crippen molar-refractivity contribution in [2.75, 3.05) is 26.7 Å². The first-order valence-corrected chi connectivity index (χ1v) is 12.5. The standard InChI is InChI=1S/C28H33F2N3O2/c1-18(2)32-14-11-27-22(16-32)21-15-19(28(34)31-12-9-20(35-3)10-13-31)7-8-26(21)33(27)17-23-24(29)5-4-6-25(23)30/h4-8,15,18,20H,9-14,16-17H2,1-3H3. The maximum Gasteiger partial charge on any atom is 0.253 e. The summed E-state index contributed by atoms with van der Waals surface area (Å²) < 4.78 is 36.6. The Balaban J connectivity index is 1.55. The molecular weight excluding hydrogens is 448 g/mol. The van der Waals surface area contributed by atoms with E-state index in [1.54, 1.807) is 7.11 Å². The van der Waals surface area contributed by atoms with Crippen molar-refractivity contribution in [1.29, 1.82) is 0 Å². The average Bonchev–Trinajstić information content (AvgIpc) is 3.18. The largest absolute Gasteiger partial charge is 0.381 e. The number of ether oxygens (including phenoxy) is 1. The number of methoxy groups -OCH3 is 1. The van der Waals surface area contributed by atoms with Crippen molar-refractivity contribution in [3.63, 3.8) is 0 Å². The van der Waals surface area contributed by atoms with Crippen molar-refractivity contribution >= 4 is 16.8 Å². The van der Waals surface area contributed by atoms with E-state index in [4.69, 9.17) is 4.74 Å². The third-order valence-corrected chi connectivity index (χ3v) is 7.70. The van der Waals surface area contributed by atoms with E-state index in [0.29, 0.717) is 24.7 Å². The van der Waals surface area contributed by atoms with Gasteiger partial charge < -0.3 is 14.2 Å². The number of aromatic nitrogens is 1. The van der Waals surface area contributed by atoms with Gasteiger partial charge in [-0.05, 0) is 62.6 Å². The van der Waals surface area contributed by atoms with Gasteiger partial charge in [0.1, 0.15) is 11.6 Å². The number of likely N-dealkylation sites (tertiary alicyclic amines) is 1. The molecule has 3 aromatic rings. The molecular formula is C28H33F2N3O2. The molecule has 1 fully saturated rings. The smallest absolute Gasteiger partial charge is 0.253 e. The summed E-state index contributed by atoms with van der Waals surface area (Å²) in [5.74, 6) is -1.04. The highest BCUT2D eigenvalue weighted by atomic mass is 19.1. The van der Waals surface area contributed by atoms with E-state index in [2.05, 4.69) is 18.7 Å². The first-order valence-electron chi connectivity index (χ1n) is 12.5. The van der Waals surface area contributed by atoms with Crippen LogP contribution < -0.4 is 0 Å². The highest BCUT2D eigenvalue weighted by Gasteiger charge is 2.28. The number of hydrogen-bond acceptors (Lipinski definition) is 3. The highest BCUT2D eigenvalue weighted by molar-refractivity contribution is 5.99. The Morgan fingerprint density at radius 3 is 2.46 bits per heavy atom. The van der Waals surface area contributed by atoms with Gasteiger partial charge in [0.2, 0.25) is 0 Å². The van der Waals surface area contributed by atoms with Gasteiger partial charge in [0.25, 0.3) is 5.91 Å². The van der Waals surface area contributed by atoms with E-state index in [-0.39, 0.29) is 24.1 Å². The van der Waals surface area contributed by atoms with Crippen LogP contribution in [0.4, 0.5) is 8.78 Å². The number of piperidine rings is 1. The molecule has 35 heavy (non-hydrogen) atoms. The first-order chi connectivity index (χ1) is 16.9. The summed E-state index contributed by atoms with van der Waals surface area (Å²) in [7, 11) is 1.72. The number of nitrogens with zero attached hydrogens (tertiary/aromatic N) is 3. The van der Waals surface area contributed by atoms with Crippen LogP contribution in [0.25, 0.3) is 10.9 Å². The lowest BCUT2D eigenvalue weighted by molar-refractivity contribution is 0.0351. The van der Waals surface area contributed by atoms with E-state index in [0.717, 1.165) is 54.5 Å². The van der Waals surface area contributed by atoms with Gasteiger partial charge >= 0.3 is 0 Å². The van der Waals surface area contributed by atoms with Gasteiger partial charge in [-0.1, -0.05) is 6.07 Å². The molecule has 5 nitrogen and oxygen atoms in total. The van der Waals surface area contributed by atoms with Gasteiger partial charge in [0.15, 0.2) is 0 Å². The summed E-state index contributed by atoms with van der Waals surface area (Å²) >= 11 is 0. The number of carbonyl (C=O) groups is 1. The minimum atomic E-state index is -0.536. The van der Waals surface area contributed by atoms with E-state index in [1.807, 2.05) is 27.7 Å². The summed E-state index contributed by atoms with van der Waals surface area (Å²) in [5, 5.41) is 1.000. The van der Waals surface area contributed by atoms with Crippen LogP contribution in [0.15, 0.2) is 36.4 Å². The molecule has 0 aliphatic carbocycles. The second-order valence-electron chi connectivity index (χ2n) is 9.99. The molecule has 2 aliphatic rings. The second-order valence-corrected chi connectivity index (χ2v) is 9.99. The van der Waals surface area contributed by atoms with Crippen molar-refractivity contribution in [1.82, 2.24) is 14.4 Å². The third-order valence-electron chi connectivity index (χ3n) is 7.70. The molecule has 0 atom stereocenters. The van der Waals surface area contributed by atoms with Crippen LogP contribution in [0, 0.1) is 11.6 Å². The number of rotatable bonds is 5. The fraction of sp³-hybridized carbons (Fsp3) is 0.464. The van der Waals surface area contributed by atoms with E-state index in [9.17, 15) is 13.6 Å². The van der Waals surface area contributed by atoms with E-state index < -0.39 is 11.6 Å². The van der Waals surface area contributed by atoms with E-state index >= 15 is 0 Å². The molecule has 7 heteroatoms. The summed E-state index contributed by atoms with van der Waals surface area (Å²) in [6.45, 7) is 7.50. The molecule has 0 saturated carbocycles. The lowest BCUT2D eigenvalue weighted by Gasteiger charge is -2.31. The van der Waals surface area contributed by atoms with E-state index in [1.165, 1.54) is 18.2 Å². The predicted molar refractivity (Wildman–Crippen MR) is 133 cm³/mol. The molecule has 1 aromatic heterocycles. The van der Waals surface area contributed by atoms with Crippen molar-refractivity contribution < 1.29 is 18.3 Å². The lowest BCUT2D eigenvalue weighted by atomic mass is 10.0. The normalized spacial score (nSPS) is 17.4. The van der Waals surface area contributed by atoms with Crippen LogP contribution in [-0.2, 0) is 24.2 Å². The first kappa shape index (κ1) is 23.9. The molecule has 0 radical (unpaired) electrons. The van der Waals surface area contributed by atoms with Crippen LogP contribution in [-0.4, -0.2) is 59.2 Å². The zero-order chi connectivity index (χ0) is 24.7. The molecule has 186 valence electrons. The number of benzene rings is 2. The molecule has 1 saturated heterocycles. The summed E-state index contributed by atoms with van der Waals surface area (Å²) in [6, 6.07) is 10.2. The van der Waals surface area contributed by atoms with Gasteiger partial charge in [0, 0.05) is 73.5 Å². The minimum absolute atomic E-state index is 0.0274. The predicted octanol–water partition coefficient (Wildman–Crippen LogP) is 4.99. The number of amides is 1. The van der Waals surface area contributed by atoms with Gasteiger partial charge in [-0.25, -0.2) is 8.78 Å². The van der Waals surface area contributed by atoms with Crippen LogP contribution in [0.5, 0.6) is 0 Å². The Kier molecular flexibility index (Phi) is 6.64. The van der Waals surface area contributed by atoms with Crippen molar-refractivity contribution in [2.24, 2.45) is 0 Å². The van der Waals surface area contributed by atoms with Crippen LogP contribution in [0.2, 0.25) is 0 Å². The second kappa shape index (κ2) is 9.70. The Bertz CT molecular complexity index is 1220. The van der Waals surface area contributed by atoms with Crippen LogP contribution >= 0.6 is 0 Å². The number of fused-ring (bicyclic) bond motifs is 3. The summed E-state index contributed by atoms with van der Waals surface area (Å²) in [4.78, 5) is 17.6. The van der Waals surface area contributed by atoms with Crippen molar-refractivity contribution in [3.8, 4) is 0 Å². The Morgan fingerprint density at radius 2 is 1.80 bits per heavy atom. The van der Waals surface area contributed by atoms with Gasteiger partial charge in [-0.3, -0.25) is 9.69 Å². The number of hydrogen-bond donors (Lipinski definition) is 0. The Labute approximate surface area is 205 Å². The lowest BCUT2D eigenvalue weighted by Crippen LogP contribution is -2.40. The van der Waals surface area contributed by atoms with Crippen molar-refractivity contribution in [3.05, 3.63) is 70.4 Å². The molecule has 0 bridgehead atoms. The third kappa shape index (κ3) is 4.47. The summed E-state index contributed by atoms with van der Waals surface area (Å²) in [6.07, 6.45) is 2.69. The van der Waals surface area contributed by atoms with Gasteiger partial charge in [0.05, 0.1) is 12.6 Å². The monoisotopic (exact) mass is 481 g/mol. The zero-order valence-corrected chi connectivity index (χ0v) is 20.7.